The molecule has 0 saturated carbocycles. The van der Waals surface area contributed by atoms with Gasteiger partial charge in [-0.25, -0.2) is 0 Å². The third-order valence-corrected chi connectivity index (χ3v) is 5.07. The fourth-order valence-electron chi connectivity index (χ4n) is 3.36. The fraction of sp³-hybridized carbons (Fsp3) is 0.647. The normalized spacial score (nSPS) is 25.0. The lowest BCUT2D eigenvalue weighted by molar-refractivity contribution is 0.248. The van der Waals surface area contributed by atoms with Crippen molar-refractivity contribution in [1.29, 1.82) is 0 Å². The van der Waals surface area contributed by atoms with Gasteiger partial charge in [0.15, 0.2) is 0 Å². The number of hydrogen-bond donors (Lipinski definition) is 1. The SMILES string of the molecule is CCNC(CCN1CC(C)CC1C)c1ccccc1Br. The Morgan fingerprint density at radius 1 is 1.35 bits per heavy atom. The summed E-state index contributed by atoms with van der Waals surface area (Å²) in [6.07, 6.45) is 2.52. The zero-order valence-electron chi connectivity index (χ0n) is 12.9. The Kier molecular flexibility index (Phi) is 6.06. The molecule has 1 fully saturated rings. The van der Waals surface area contributed by atoms with Gasteiger partial charge in [-0.3, -0.25) is 0 Å². The van der Waals surface area contributed by atoms with Crippen LogP contribution in [0.3, 0.4) is 0 Å². The minimum absolute atomic E-state index is 0.443. The largest absolute Gasteiger partial charge is 0.310 e. The number of nitrogens with zero attached hydrogens (tertiary/aromatic N) is 1. The van der Waals surface area contributed by atoms with E-state index in [2.05, 4.69) is 71.2 Å². The highest BCUT2D eigenvalue weighted by molar-refractivity contribution is 9.10. The zero-order valence-corrected chi connectivity index (χ0v) is 14.5. The molecule has 0 spiro atoms. The molecule has 0 radical (unpaired) electrons. The van der Waals surface area contributed by atoms with Gasteiger partial charge in [-0.1, -0.05) is 48.0 Å². The van der Waals surface area contributed by atoms with Crippen molar-refractivity contribution in [2.24, 2.45) is 5.92 Å². The molecule has 1 aliphatic heterocycles. The molecule has 0 bridgehead atoms. The number of rotatable bonds is 6. The van der Waals surface area contributed by atoms with E-state index in [1.165, 1.54) is 36.0 Å². The number of nitrogens with one attached hydrogen (secondary N) is 1. The molecule has 2 rings (SSSR count). The van der Waals surface area contributed by atoms with Crippen LogP contribution in [0.15, 0.2) is 28.7 Å². The molecule has 20 heavy (non-hydrogen) atoms. The third kappa shape index (κ3) is 4.06. The van der Waals surface area contributed by atoms with Crippen LogP contribution in [-0.2, 0) is 0 Å². The maximum atomic E-state index is 3.69. The molecule has 0 amide bonds. The highest BCUT2D eigenvalue weighted by Crippen LogP contribution is 2.28. The monoisotopic (exact) mass is 338 g/mol. The fourth-order valence-corrected chi connectivity index (χ4v) is 3.93. The van der Waals surface area contributed by atoms with Crippen molar-refractivity contribution in [2.75, 3.05) is 19.6 Å². The summed E-state index contributed by atoms with van der Waals surface area (Å²) in [5.41, 5.74) is 1.38. The van der Waals surface area contributed by atoms with Crippen LogP contribution < -0.4 is 5.32 Å². The van der Waals surface area contributed by atoms with Crippen molar-refractivity contribution in [3.8, 4) is 0 Å². The van der Waals surface area contributed by atoms with Crippen LogP contribution in [0.1, 0.15) is 45.2 Å². The summed E-state index contributed by atoms with van der Waals surface area (Å²) in [6.45, 7) is 10.4. The summed E-state index contributed by atoms with van der Waals surface area (Å²) in [4.78, 5) is 2.64. The van der Waals surface area contributed by atoms with Crippen LogP contribution in [0.5, 0.6) is 0 Å². The van der Waals surface area contributed by atoms with E-state index in [0.29, 0.717) is 6.04 Å². The predicted molar refractivity (Wildman–Crippen MR) is 90.0 cm³/mol. The van der Waals surface area contributed by atoms with Crippen molar-refractivity contribution in [2.45, 2.75) is 45.7 Å². The maximum absolute atomic E-state index is 3.69. The van der Waals surface area contributed by atoms with E-state index in [1.54, 1.807) is 0 Å². The maximum Gasteiger partial charge on any atom is 0.0343 e. The Labute approximate surface area is 132 Å². The van der Waals surface area contributed by atoms with Crippen LogP contribution in [0.25, 0.3) is 0 Å². The molecular formula is C17H27BrN2. The van der Waals surface area contributed by atoms with Gasteiger partial charge in [0.1, 0.15) is 0 Å². The van der Waals surface area contributed by atoms with E-state index in [9.17, 15) is 0 Å². The molecule has 1 aromatic rings. The van der Waals surface area contributed by atoms with Crippen LogP contribution in [0.4, 0.5) is 0 Å². The Balaban J connectivity index is 1.98. The second kappa shape index (κ2) is 7.58. The van der Waals surface area contributed by atoms with Gasteiger partial charge in [-0.15, -0.1) is 0 Å². The Hall–Kier alpha value is -0.380. The van der Waals surface area contributed by atoms with Gasteiger partial charge in [-0.2, -0.15) is 0 Å². The number of likely N-dealkylation sites (tertiary alicyclic amines) is 1. The van der Waals surface area contributed by atoms with Gasteiger partial charge < -0.3 is 10.2 Å². The summed E-state index contributed by atoms with van der Waals surface area (Å²) in [6, 6.07) is 9.77. The molecule has 0 aromatic heterocycles. The lowest BCUT2D eigenvalue weighted by atomic mass is 10.0. The predicted octanol–water partition coefficient (Wildman–Crippen LogP) is 4.22. The van der Waals surface area contributed by atoms with Crippen LogP contribution in [0, 0.1) is 5.92 Å². The van der Waals surface area contributed by atoms with Gasteiger partial charge in [0.2, 0.25) is 0 Å². The number of benzene rings is 1. The molecule has 1 saturated heterocycles. The Morgan fingerprint density at radius 3 is 2.70 bits per heavy atom. The van der Waals surface area contributed by atoms with Crippen LogP contribution >= 0.6 is 15.9 Å². The van der Waals surface area contributed by atoms with Crippen LogP contribution in [-0.4, -0.2) is 30.6 Å². The second-order valence-electron chi connectivity index (χ2n) is 6.11. The molecule has 1 aromatic carbocycles. The topological polar surface area (TPSA) is 15.3 Å². The quantitative estimate of drug-likeness (QED) is 0.835. The lowest BCUT2D eigenvalue weighted by Crippen LogP contribution is -2.32. The molecule has 3 heteroatoms. The van der Waals surface area contributed by atoms with Crippen molar-refractivity contribution in [1.82, 2.24) is 10.2 Å². The van der Waals surface area contributed by atoms with Crippen LogP contribution in [0.2, 0.25) is 0 Å². The first-order valence-corrected chi connectivity index (χ1v) is 8.63. The second-order valence-corrected chi connectivity index (χ2v) is 6.96. The average Bonchev–Trinajstić information content (AvgIpc) is 2.74. The van der Waals surface area contributed by atoms with E-state index in [4.69, 9.17) is 0 Å². The Bertz CT molecular complexity index is 421. The van der Waals surface area contributed by atoms with Gasteiger partial charge in [0.05, 0.1) is 0 Å². The van der Waals surface area contributed by atoms with Gasteiger partial charge in [0, 0.05) is 29.6 Å². The van der Waals surface area contributed by atoms with Gasteiger partial charge in [-0.05, 0) is 43.9 Å². The highest BCUT2D eigenvalue weighted by atomic mass is 79.9. The molecule has 1 heterocycles. The molecule has 3 atom stereocenters. The molecule has 112 valence electrons. The average molecular weight is 339 g/mol. The summed E-state index contributed by atoms with van der Waals surface area (Å²) in [7, 11) is 0. The molecular weight excluding hydrogens is 312 g/mol. The first-order chi connectivity index (χ1) is 9.61. The first-order valence-electron chi connectivity index (χ1n) is 7.83. The van der Waals surface area contributed by atoms with Crippen molar-refractivity contribution >= 4 is 15.9 Å². The minimum atomic E-state index is 0.443. The third-order valence-electron chi connectivity index (χ3n) is 4.35. The molecule has 0 aliphatic carbocycles. The summed E-state index contributed by atoms with van der Waals surface area (Å²) in [5.74, 6) is 0.853. The smallest absolute Gasteiger partial charge is 0.0343 e. The van der Waals surface area contributed by atoms with Crippen molar-refractivity contribution in [3.63, 3.8) is 0 Å². The molecule has 1 aliphatic rings. The van der Waals surface area contributed by atoms with E-state index in [-0.39, 0.29) is 0 Å². The summed E-state index contributed by atoms with van der Waals surface area (Å²) in [5, 5.41) is 3.63. The Morgan fingerprint density at radius 2 is 2.10 bits per heavy atom. The van der Waals surface area contributed by atoms with Gasteiger partial charge in [0.25, 0.3) is 0 Å². The summed E-state index contributed by atoms with van der Waals surface area (Å²) < 4.78 is 1.22. The first kappa shape index (κ1) is 16.0. The van der Waals surface area contributed by atoms with E-state index in [1.807, 2.05) is 0 Å². The van der Waals surface area contributed by atoms with E-state index < -0.39 is 0 Å². The summed E-state index contributed by atoms with van der Waals surface area (Å²) >= 11 is 3.69. The van der Waals surface area contributed by atoms with E-state index in [0.717, 1.165) is 18.5 Å². The highest BCUT2D eigenvalue weighted by Gasteiger charge is 2.26. The standard InChI is InChI=1S/C17H27BrN2/c1-4-19-17(15-7-5-6-8-16(15)18)9-10-20-12-13(2)11-14(20)3/h5-8,13-14,17,19H,4,9-12H2,1-3H3. The van der Waals surface area contributed by atoms with Gasteiger partial charge >= 0.3 is 0 Å². The molecule has 3 unspecified atom stereocenters. The molecule has 1 N–H and O–H groups in total. The number of hydrogen-bond acceptors (Lipinski definition) is 2. The zero-order chi connectivity index (χ0) is 14.5. The molecule has 2 nitrogen and oxygen atoms in total. The van der Waals surface area contributed by atoms with E-state index >= 15 is 0 Å². The van der Waals surface area contributed by atoms with Crippen molar-refractivity contribution in [3.05, 3.63) is 34.3 Å². The lowest BCUT2D eigenvalue weighted by Gasteiger charge is -2.25. The minimum Gasteiger partial charge on any atom is -0.310 e. The number of halogens is 1. The van der Waals surface area contributed by atoms with Crippen molar-refractivity contribution < 1.29 is 0 Å².